The summed E-state index contributed by atoms with van der Waals surface area (Å²) in [5.41, 5.74) is 0. The van der Waals surface area contributed by atoms with E-state index >= 15 is 0 Å². The summed E-state index contributed by atoms with van der Waals surface area (Å²) in [5, 5.41) is 5.59. The molecular weight excluding hydrogens is 345 g/mol. The first-order chi connectivity index (χ1) is 9.67. The average molecular weight is 354 g/mol. The van der Waals surface area contributed by atoms with Crippen LogP contribution in [0.1, 0.15) is 0 Å². The molecule has 20 heavy (non-hydrogen) atoms. The van der Waals surface area contributed by atoms with E-state index in [1.54, 1.807) is 19.2 Å². The Kier molecular flexibility index (Phi) is 3.54. The molecule has 102 valence electrons. The fourth-order valence-corrected chi connectivity index (χ4v) is 2.67. The largest absolute Gasteiger partial charge is 0.438 e. The number of nitrogens with one attached hydrogen (secondary N) is 1. The van der Waals surface area contributed by atoms with Gasteiger partial charge in [0.25, 0.3) is 0 Å². The number of fused-ring (bicyclic) bond motifs is 1. The Morgan fingerprint density at radius 3 is 2.90 bits per heavy atom. The summed E-state index contributed by atoms with van der Waals surface area (Å²) < 4.78 is 19.6. The van der Waals surface area contributed by atoms with Crippen molar-refractivity contribution in [1.82, 2.24) is 9.97 Å². The molecule has 1 N–H and O–H groups in total. The summed E-state index contributed by atoms with van der Waals surface area (Å²) in [6, 6.07) is 6.45. The second-order valence-electron chi connectivity index (χ2n) is 3.92. The number of halogens is 2. The predicted octanol–water partition coefficient (Wildman–Crippen LogP) is 4.43. The maximum absolute atomic E-state index is 13.5. The van der Waals surface area contributed by atoms with Crippen LogP contribution in [0.15, 0.2) is 34.1 Å². The van der Waals surface area contributed by atoms with Crippen molar-refractivity contribution in [2.75, 3.05) is 12.4 Å². The summed E-state index contributed by atoms with van der Waals surface area (Å²) in [6.45, 7) is 0. The topological polar surface area (TPSA) is 47.0 Å². The van der Waals surface area contributed by atoms with Crippen molar-refractivity contribution in [1.29, 1.82) is 0 Å². The Labute approximate surface area is 126 Å². The first kappa shape index (κ1) is 13.3. The number of anilines is 1. The number of aromatic nitrogens is 2. The monoisotopic (exact) mass is 353 g/mol. The lowest BCUT2D eigenvalue weighted by molar-refractivity contribution is 0.463. The van der Waals surface area contributed by atoms with E-state index in [1.807, 2.05) is 11.4 Å². The Balaban J connectivity index is 2.04. The highest BCUT2D eigenvalue weighted by atomic mass is 79.9. The molecule has 4 nitrogen and oxygen atoms in total. The molecule has 3 rings (SSSR count). The van der Waals surface area contributed by atoms with Crippen molar-refractivity contribution in [3.05, 3.63) is 39.9 Å². The summed E-state index contributed by atoms with van der Waals surface area (Å²) in [5.74, 6) is 0.876. The molecule has 3 aromatic rings. The molecule has 0 amide bonds. The summed E-state index contributed by atoms with van der Waals surface area (Å²) in [7, 11) is 1.73. The first-order valence-corrected chi connectivity index (χ1v) is 7.40. The van der Waals surface area contributed by atoms with E-state index in [4.69, 9.17) is 4.74 Å². The molecular formula is C13H9BrFN3OS. The maximum Gasteiger partial charge on any atom is 0.232 e. The van der Waals surface area contributed by atoms with Gasteiger partial charge in [-0.15, -0.1) is 11.3 Å². The van der Waals surface area contributed by atoms with E-state index in [-0.39, 0.29) is 5.82 Å². The van der Waals surface area contributed by atoms with Gasteiger partial charge >= 0.3 is 0 Å². The SMILES string of the molecule is CNc1nc(Oc2ccc(Br)c(F)c2)c2ccsc2n1. The molecule has 2 aromatic heterocycles. The minimum Gasteiger partial charge on any atom is -0.438 e. The summed E-state index contributed by atoms with van der Waals surface area (Å²) >= 11 is 4.60. The lowest BCUT2D eigenvalue weighted by Gasteiger charge is -2.08. The van der Waals surface area contributed by atoms with E-state index in [0.717, 1.165) is 10.2 Å². The van der Waals surface area contributed by atoms with Gasteiger partial charge in [-0.1, -0.05) is 0 Å². The van der Waals surface area contributed by atoms with Crippen LogP contribution in [0.25, 0.3) is 10.2 Å². The number of rotatable bonds is 3. The van der Waals surface area contributed by atoms with Gasteiger partial charge in [0, 0.05) is 13.1 Å². The quantitative estimate of drug-likeness (QED) is 0.756. The maximum atomic E-state index is 13.5. The minimum absolute atomic E-state index is 0.382. The van der Waals surface area contributed by atoms with Crippen molar-refractivity contribution >= 4 is 43.4 Å². The second-order valence-corrected chi connectivity index (χ2v) is 5.67. The van der Waals surface area contributed by atoms with Gasteiger partial charge < -0.3 is 10.1 Å². The summed E-state index contributed by atoms with van der Waals surface area (Å²) in [6.07, 6.45) is 0. The number of thiophene rings is 1. The minimum atomic E-state index is -0.382. The number of hydrogen-bond donors (Lipinski definition) is 1. The number of nitrogens with zero attached hydrogens (tertiary/aromatic N) is 2. The van der Waals surface area contributed by atoms with Crippen LogP contribution in [0.5, 0.6) is 11.6 Å². The third kappa shape index (κ3) is 2.46. The molecule has 1 aromatic carbocycles. The third-order valence-corrected chi connectivity index (χ3v) is 4.07. The second kappa shape index (κ2) is 5.34. The van der Waals surface area contributed by atoms with Gasteiger partial charge in [0.05, 0.1) is 9.86 Å². The highest BCUT2D eigenvalue weighted by molar-refractivity contribution is 9.10. The van der Waals surface area contributed by atoms with E-state index in [0.29, 0.717) is 22.1 Å². The fraction of sp³-hybridized carbons (Fsp3) is 0.0769. The molecule has 0 atom stereocenters. The fourth-order valence-electron chi connectivity index (χ4n) is 1.67. The Morgan fingerprint density at radius 1 is 1.30 bits per heavy atom. The Bertz CT molecular complexity index is 777. The average Bonchev–Trinajstić information content (AvgIpc) is 2.91. The molecule has 0 spiro atoms. The van der Waals surface area contributed by atoms with Crippen LogP contribution in [-0.2, 0) is 0 Å². The predicted molar refractivity (Wildman–Crippen MR) is 81.1 cm³/mol. The molecule has 0 fully saturated rings. The molecule has 0 aliphatic rings. The van der Waals surface area contributed by atoms with Crippen molar-refractivity contribution in [3.63, 3.8) is 0 Å². The highest BCUT2D eigenvalue weighted by Crippen LogP contribution is 2.32. The van der Waals surface area contributed by atoms with Gasteiger partial charge in [-0.2, -0.15) is 4.98 Å². The first-order valence-electron chi connectivity index (χ1n) is 5.73. The highest BCUT2D eigenvalue weighted by Gasteiger charge is 2.11. The molecule has 7 heteroatoms. The molecule has 0 saturated heterocycles. The molecule has 0 unspecified atom stereocenters. The lowest BCUT2D eigenvalue weighted by atomic mass is 10.3. The van der Waals surface area contributed by atoms with Crippen LogP contribution in [0.2, 0.25) is 0 Å². The van der Waals surface area contributed by atoms with Crippen LogP contribution in [0.3, 0.4) is 0 Å². The van der Waals surface area contributed by atoms with Crippen LogP contribution in [-0.4, -0.2) is 17.0 Å². The van der Waals surface area contributed by atoms with Crippen LogP contribution < -0.4 is 10.1 Å². The van der Waals surface area contributed by atoms with Gasteiger partial charge in [0.2, 0.25) is 11.8 Å². The van der Waals surface area contributed by atoms with Crippen LogP contribution in [0, 0.1) is 5.82 Å². The number of hydrogen-bond acceptors (Lipinski definition) is 5. The normalized spacial score (nSPS) is 10.8. The molecule has 0 saturated carbocycles. The van der Waals surface area contributed by atoms with E-state index < -0.39 is 0 Å². The zero-order valence-electron chi connectivity index (χ0n) is 10.4. The number of ether oxygens (including phenoxy) is 1. The molecule has 0 aliphatic heterocycles. The van der Waals surface area contributed by atoms with Crippen molar-refractivity contribution < 1.29 is 9.13 Å². The molecule has 0 bridgehead atoms. The zero-order valence-corrected chi connectivity index (χ0v) is 12.8. The Hall–Kier alpha value is -1.73. The molecule has 0 aliphatic carbocycles. The van der Waals surface area contributed by atoms with E-state index in [1.165, 1.54) is 17.4 Å². The molecule has 2 heterocycles. The van der Waals surface area contributed by atoms with Gasteiger partial charge in [0.1, 0.15) is 16.4 Å². The van der Waals surface area contributed by atoms with Crippen LogP contribution >= 0.6 is 27.3 Å². The van der Waals surface area contributed by atoms with Crippen molar-refractivity contribution in [2.45, 2.75) is 0 Å². The number of benzene rings is 1. The van der Waals surface area contributed by atoms with E-state index in [9.17, 15) is 4.39 Å². The third-order valence-electron chi connectivity index (χ3n) is 2.62. The molecule has 0 radical (unpaired) electrons. The van der Waals surface area contributed by atoms with Crippen molar-refractivity contribution in [2.24, 2.45) is 0 Å². The zero-order chi connectivity index (χ0) is 14.1. The van der Waals surface area contributed by atoms with Gasteiger partial charge in [-0.05, 0) is 39.5 Å². The Morgan fingerprint density at radius 2 is 2.15 bits per heavy atom. The van der Waals surface area contributed by atoms with Gasteiger partial charge in [-0.3, -0.25) is 0 Å². The van der Waals surface area contributed by atoms with Gasteiger partial charge in [-0.25, -0.2) is 9.37 Å². The standard InChI is InChI=1S/C13H9BrFN3OS/c1-16-13-17-11(8-4-5-20-12(8)18-13)19-7-2-3-9(14)10(15)6-7/h2-6H,1H3,(H,16,17,18). The lowest BCUT2D eigenvalue weighted by Crippen LogP contribution is -1.98. The van der Waals surface area contributed by atoms with Gasteiger partial charge in [0.15, 0.2) is 0 Å². The van der Waals surface area contributed by atoms with Crippen LogP contribution in [0.4, 0.5) is 10.3 Å². The smallest absolute Gasteiger partial charge is 0.232 e. The van der Waals surface area contributed by atoms with Crippen molar-refractivity contribution in [3.8, 4) is 11.6 Å². The summed E-state index contributed by atoms with van der Waals surface area (Å²) in [4.78, 5) is 9.41. The van der Waals surface area contributed by atoms with E-state index in [2.05, 4.69) is 31.2 Å².